The summed E-state index contributed by atoms with van der Waals surface area (Å²) in [5, 5.41) is 56.3. The van der Waals surface area contributed by atoms with Crippen LogP contribution in [-0.4, -0.2) is 176 Å². The molecule has 0 saturated carbocycles. The molecule has 17 atom stereocenters. The van der Waals surface area contributed by atoms with Crippen molar-refractivity contribution in [2.75, 3.05) is 40.9 Å². The Balaban J connectivity index is 1.17. The molecule has 18 heteroatoms. The lowest BCUT2D eigenvalue weighted by Crippen LogP contribution is -2.59. The highest BCUT2D eigenvalue weighted by molar-refractivity contribution is 5.73. The van der Waals surface area contributed by atoms with Crippen LogP contribution in [0.25, 0.3) is 11.1 Å². The van der Waals surface area contributed by atoms with E-state index < -0.39 is 89.9 Å². The molecule has 6 rings (SSSR count). The summed E-state index contributed by atoms with van der Waals surface area (Å²) in [6.07, 6.45) is 1.04. The van der Waals surface area contributed by atoms with Crippen LogP contribution in [-0.2, 0) is 46.2 Å². The average Bonchev–Trinajstić information content (AvgIpc) is 4.06. The molecule has 2 aromatic heterocycles. The molecule has 3 aromatic rings. The zero-order chi connectivity index (χ0) is 52.7. The smallest absolute Gasteiger partial charge is 0.311 e. The molecule has 0 spiro atoms. The van der Waals surface area contributed by atoms with Gasteiger partial charge in [-0.25, -0.2) is 0 Å². The van der Waals surface area contributed by atoms with E-state index in [1.165, 1.54) is 14.0 Å². The second-order valence-corrected chi connectivity index (χ2v) is 22.0. The molecule has 3 fully saturated rings. The number of methoxy groups -OCH3 is 1. The highest BCUT2D eigenvalue weighted by Gasteiger charge is 2.52. The molecule has 18 nitrogen and oxygen atoms in total. The number of carbonyl (C=O) groups is 1. The molecule has 0 unspecified atom stereocenters. The van der Waals surface area contributed by atoms with E-state index in [0.717, 1.165) is 35.4 Å². The Morgan fingerprint density at radius 1 is 0.917 bits per heavy atom. The molecule has 3 aliphatic rings. The van der Waals surface area contributed by atoms with Gasteiger partial charge in [0.1, 0.15) is 29.7 Å². The fraction of sp³-hybridized carbons (Fsp3) is 0.759. The van der Waals surface area contributed by atoms with E-state index in [9.17, 15) is 25.2 Å². The molecule has 0 amide bonds. The normalized spacial score (nSPS) is 38.0. The van der Waals surface area contributed by atoms with Crippen LogP contribution in [0.15, 0.2) is 53.5 Å². The number of rotatable bonds is 16. The number of hydrogen-bond acceptors (Lipinski definition) is 17. The van der Waals surface area contributed by atoms with E-state index in [4.69, 9.17) is 37.6 Å². The van der Waals surface area contributed by atoms with Gasteiger partial charge in [0.15, 0.2) is 12.6 Å². The standard InChI is InChI=1S/C54H87N5O13/c1-14-44-54(10,64)48(60)37(6)58(12)30-33(2)28-52(8,63)50(35(4)47(36(5)51(62)70-44)71-46-29-53(9,65-13)49(61)38(7)69-46)72-45-27-42(26-34(3)68-45)57(11)23-20-41-31-59(56-55-41)22-15-24-67-43-18-16-39(17-19-43)40-21-25-66-32-40/h16-19,21,25,31-38,42,44-50,60-61,63-64H,14-15,20,22-24,26-30H2,1-13H3/t33-,34-,35+,36-,37-,38+,42+,44-,45+,46+,47+,48-,49+,50-,52-,53-,54-/m1/s1. The lowest BCUT2D eigenvalue weighted by atomic mass is 9.77. The van der Waals surface area contributed by atoms with Crippen LogP contribution in [0.2, 0.25) is 0 Å². The van der Waals surface area contributed by atoms with Crippen molar-refractivity contribution in [2.45, 2.75) is 205 Å². The van der Waals surface area contributed by atoms with Gasteiger partial charge in [-0.05, 0) is 112 Å². The molecule has 0 radical (unpaired) electrons. The molecular weight excluding hydrogens is 927 g/mol. The van der Waals surface area contributed by atoms with Crippen molar-refractivity contribution < 1.29 is 62.8 Å². The van der Waals surface area contributed by atoms with Gasteiger partial charge in [-0.2, -0.15) is 0 Å². The predicted octanol–water partition coefficient (Wildman–Crippen LogP) is 5.86. The van der Waals surface area contributed by atoms with Crippen molar-refractivity contribution in [2.24, 2.45) is 17.8 Å². The molecular formula is C54H87N5O13. The van der Waals surface area contributed by atoms with Crippen molar-refractivity contribution in [3.8, 4) is 16.9 Å². The largest absolute Gasteiger partial charge is 0.494 e. The zero-order valence-corrected chi connectivity index (χ0v) is 45.2. The van der Waals surface area contributed by atoms with Crippen LogP contribution in [0.1, 0.15) is 113 Å². The van der Waals surface area contributed by atoms with E-state index >= 15 is 0 Å². The van der Waals surface area contributed by atoms with E-state index in [1.54, 1.807) is 47.1 Å². The van der Waals surface area contributed by atoms with Crippen LogP contribution in [0.5, 0.6) is 5.75 Å². The van der Waals surface area contributed by atoms with Crippen molar-refractivity contribution in [3.05, 3.63) is 54.7 Å². The minimum atomic E-state index is -1.80. The summed E-state index contributed by atoms with van der Waals surface area (Å²) < 4.78 is 51.7. The number of furan rings is 1. The van der Waals surface area contributed by atoms with E-state index in [-0.39, 0.29) is 37.3 Å². The van der Waals surface area contributed by atoms with Crippen molar-refractivity contribution in [3.63, 3.8) is 0 Å². The molecule has 5 heterocycles. The Morgan fingerprint density at radius 2 is 1.64 bits per heavy atom. The topological polar surface area (TPSA) is 213 Å². The Bertz CT molecular complexity index is 2110. The van der Waals surface area contributed by atoms with Crippen LogP contribution < -0.4 is 4.74 Å². The fourth-order valence-electron chi connectivity index (χ4n) is 11.2. The fourth-order valence-corrected chi connectivity index (χ4v) is 11.2. The van der Waals surface area contributed by atoms with Crippen LogP contribution >= 0.6 is 0 Å². The summed E-state index contributed by atoms with van der Waals surface area (Å²) in [5.41, 5.74) is -1.35. The van der Waals surface area contributed by atoms with Gasteiger partial charge in [-0.3, -0.25) is 9.48 Å². The summed E-state index contributed by atoms with van der Waals surface area (Å²) >= 11 is 0. The summed E-state index contributed by atoms with van der Waals surface area (Å²) in [5.74, 6) is -1.65. The highest BCUT2D eigenvalue weighted by Crippen LogP contribution is 2.40. The first-order valence-corrected chi connectivity index (χ1v) is 26.2. The molecule has 4 N–H and O–H groups in total. The number of hydrogen-bond donors (Lipinski definition) is 4. The van der Waals surface area contributed by atoms with E-state index in [2.05, 4.69) is 22.3 Å². The Morgan fingerprint density at radius 3 is 2.31 bits per heavy atom. The van der Waals surface area contributed by atoms with Crippen molar-refractivity contribution >= 4 is 5.97 Å². The van der Waals surface area contributed by atoms with Crippen molar-refractivity contribution in [1.29, 1.82) is 0 Å². The van der Waals surface area contributed by atoms with Crippen LogP contribution in [0.3, 0.4) is 0 Å². The molecule has 3 aliphatic heterocycles. The number of carbonyl (C=O) groups excluding carboxylic acids is 1. The van der Waals surface area contributed by atoms with Gasteiger partial charge < -0.3 is 67.8 Å². The maximum absolute atomic E-state index is 14.5. The lowest BCUT2D eigenvalue weighted by molar-refractivity contribution is -0.308. The molecule has 0 bridgehead atoms. The molecule has 1 aromatic carbocycles. The zero-order valence-electron chi connectivity index (χ0n) is 45.2. The summed E-state index contributed by atoms with van der Waals surface area (Å²) in [6.45, 7) is 20.5. The maximum atomic E-state index is 14.5. The molecule has 406 valence electrons. The monoisotopic (exact) mass is 1010 g/mol. The number of benzene rings is 1. The first-order valence-electron chi connectivity index (χ1n) is 26.2. The van der Waals surface area contributed by atoms with Gasteiger partial charge >= 0.3 is 5.97 Å². The quantitative estimate of drug-likeness (QED) is 0.0977. The minimum absolute atomic E-state index is 0.0673. The minimum Gasteiger partial charge on any atom is -0.494 e. The Labute approximate surface area is 427 Å². The first kappa shape index (κ1) is 57.7. The van der Waals surface area contributed by atoms with Gasteiger partial charge in [0, 0.05) is 82.2 Å². The number of aliphatic hydroxyl groups excluding tert-OH is 2. The van der Waals surface area contributed by atoms with E-state index in [0.29, 0.717) is 39.1 Å². The SMILES string of the molecule is CC[C@H]1OC(=O)[C@H](C)[C@@H](O[C@H]2C[C@@](C)(OC)[C@@H](O)[C@H](C)O2)[C@H](C)[C@@H](O[C@H]2C[C@@H](N(C)CCc3cn(CCCOc4ccc(-c5ccoc5)cc4)nn3)C[C@@H](C)O2)[C@](C)(O)C[C@@H](C)CN(C)[C@H](C)[C@@H](O)[C@]1(C)O. The molecule has 0 aliphatic carbocycles. The van der Waals surface area contributed by atoms with Gasteiger partial charge in [0.2, 0.25) is 0 Å². The number of cyclic esters (lactones) is 1. The van der Waals surface area contributed by atoms with Gasteiger partial charge in [-0.15, -0.1) is 5.10 Å². The number of ether oxygens (including phenoxy) is 7. The number of aryl methyl sites for hydroxylation is 1. The second kappa shape index (κ2) is 24.9. The highest BCUT2D eigenvalue weighted by atomic mass is 16.7. The van der Waals surface area contributed by atoms with Crippen molar-refractivity contribution in [1.82, 2.24) is 24.8 Å². The lowest BCUT2D eigenvalue weighted by Gasteiger charge is -2.48. The third-order valence-corrected chi connectivity index (χ3v) is 15.8. The predicted molar refractivity (Wildman–Crippen MR) is 270 cm³/mol. The average molecular weight is 1010 g/mol. The number of aromatic nitrogens is 3. The van der Waals surface area contributed by atoms with Gasteiger partial charge in [0.25, 0.3) is 0 Å². The summed E-state index contributed by atoms with van der Waals surface area (Å²) in [4.78, 5) is 18.7. The van der Waals surface area contributed by atoms with E-state index in [1.807, 2.05) is 80.9 Å². The van der Waals surface area contributed by atoms with Gasteiger partial charge in [-0.1, -0.05) is 38.1 Å². The van der Waals surface area contributed by atoms with Crippen LogP contribution in [0.4, 0.5) is 0 Å². The number of nitrogens with zero attached hydrogens (tertiary/aromatic N) is 5. The summed E-state index contributed by atoms with van der Waals surface area (Å²) in [7, 11) is 5.50. The first-order chi connectivity index (χ1) is 34.0. The third-order valence-electron chi connectivity index (χ3n) is 15.8. The maximum Gasteiger partial charge on any atom is 0.311 e. The van der Waals surface area contributed by atoms with Crippen LogP contribution in [0, 0.1) is 17.8 Å². The molecule has 72 heavy (non-hydrogen) atoms. The Kier molecular flexibility index (Phi) is 19.9. The number of aliphatic hydroxyl groups is 4. The second-order valence-electron chi connectivity index (χ2n) is 22.0. The number of likely N-dealkylation sites (N-methyl/N-ethyl adjacent to an activating group) is 2. The third kappa shape index (κ3) is 14.2. The Hall–Kier alpha value is -3.53. The number of esters is 1. The summed E-state index contributed by atoms with van der Waals surface area (Å²) in [6, 6.07) is 9.41. The molecule has 3 saturated heterocycles. The van der Waals surface area contributed by atoms with Gasteiger partial charge in [0.05, 0.1) is 66.4 Å².